The Balaban J connectivity index is 1.82. The van der Waals surface area contributed by atoms with Crippen LogP contribution in [0.3, 0.4) is 0 Å². The molecule has 2 aliphatic carbocycles. The first-order valence-electron chi connectivity index (χ1n) is 6.79. The van der Waals surface area contributed by atoms with E-state index in [1.165, 1.54) is 45.1 Å². The van der Waals surface area contributed by atoms with E-state index < -0.39 is 0 Å². The van der Waals surface area contributed by atoms with E-state index >= 15 is 0 Å². The molecule has 1 N–H and O–H groups in total. The summed E-state index contributed by atoms with van der Waals surface area (Å²) in [7, 11) is 0. The predicted octanol–water partition coefficient (Wildman–Crippen LogP) is 2.49. The van der Waals surface area contributed by atoms with E-state index in [4.69, 9.17) is 0 Å². The number of nitrogens with zero attached hydrogens (tertiary/aromatic N) is 2. The topological polar surface area (TPSA) is 35.8 Å². The lowest BCUT2D eigenvalue weighted by atomic mass is 9.89. The Morgan fingerprint density at radius 3 is 2.88 bits per heavy atom. The van der Waals surface area contributed by atoms with Crippen molar-refractivity contribution in [3.8, 4) is 0 Å². The zero-order chi connectivity index (χ0) is 11.1. The summed E-state index contributed by atoms with van der Waals surface area (Å²) in [5, 5.41) is 12.9. The molecule has 4 atom stereocenters. The van der Waals surface area contributed by atoms with Crippen molar-refractivity contribution in [2.24, 2.45) is 17.0 Å². The van der Waals surface area contributed by atoms with Gasteiger partial charge in [0.2, 0.25) is 0 Å². The zero-order valence-electron chi connectivity index (χ0n) is 10.1. The van der Waals surface area contributed by atoms with Crippen LogP contribution in [-0.2, 0) is 0 Å². The number of hydrogen-bond donors (Lipinski definition) is 1. The van der Waals surface area contributed by atoms with Crippen molar-refractivity contribution in [2.45, 2.75) is 57.5 Å². The molecule has 16 heavy (non-hydrogen) atoms. The van der Waals surface area contributed by atoms with Crippen LogP contribution in [0.5, 0.6) is 0 Å². The van der Waals surface area contributed by atoms with Crippen molar-refractivity contribution in [1.29, 1.82) is 0 Å². The first kappa shape index (κ1) is 10.6. The number of fused-ring (bicyclic) bond motifs is 2. The van der Waals surface area contributed by atoms with E-state index in [1.807, 2.05) is 0 Å². The van der Waals surface area contributed by atoms with Gasteiger partial charge in [0.25, 0.3) is 0 Å². The number of piperidine rings is 1. The number of hydrogen-bond acceptors (Lipinski definition) is 3. The standard InChI is InChI=1S/C13H22N2O/c1-9-4-2-3-7-15(9)13-11-6-5-10(8-11)12(13)14-16/h9-11,13,16H,2-8H2,1H3/b14-12-/t9-,10-,11-,13-/m0/s1. The average molecular weight is 222 g/mol. The van der Waals surface area contributed by atoms with Crippen LogP contribution in [0, 0.1) is 11.8 Å². The quantitative estimate of drug-likeness (QED) is 0.546. The van der Waals surface area contributed by atoms with Gasteiger partial charge in [-0.15, -0.1) is 0 Å². The van der Waals surface area contributed by atoms with Crippen LogP contribution < -0.4 is 0 Å². The normalized spacial score (nSPS) is 46.7. The molecule has 0 spiro atoms. The van der Waals surface area contributed by atoms with Crippen molar-refractivity contribution in [2.75, 3.05) is 6.54 Å². The zero-order valence-corrected chi connectivity index (χ0v) is 10.1. The molecule has 3 nitrogen and oxygen atoms in total. The molecule has 2 bridgehead atoms. The Kier molecular flexibility index (Phi) is 2.66. The third-order valence-corrected chi connectivity index (χ3v) is 4.97. The van der Waals surface area contributed by atoms with Crippen LogP contribution in [0.2, 0.25) is 0 Å². The first-order chi connectivity index (χ1) is 7.81. The Bertz CT molecular complexity index is 302. The van der Waals surface area contributed by atoms with Crippen molar-refractivity contribution in [1.82, 2.24) is 4.90 Å². The second-order valence-corrected chi connectivity index (χ2v) is 5.82. The molecule has 90 valence electrons. The maximum absolute atomic E-state index is 9.24. The number of likely N-dealkylation sites (tertiary alicyclic amines) is 1. The van der Waals surface area contributed by atoms with E-state index in [9.17, 15) is 5.21 Å². The number of oxime groups is 1. The van der Waals surface area contributed by atoms with Gasteiger partial charge in [-0.25, -0.2) is 0 Å². The van der Waals surface area contributed by atoms with Crippen LogP contribution in [0.25, 0.3) is 0 Å². The monoisotopic (exact) mass is 222 g/mol. The molecule has 1 aliphatic heterocycles. The van der Waals surface area contributed by atoms with E-state index in [-0.39, 0.29) is 0 Å². The highest BCUT2D eigenvalue weighted by Gasteiger charge is 2.49. The summed E-state index contributed by atoms with van der Waals surface area (Å²) < 4.78 is 0. The number of rotatable bonds is 1. The van der Waals surface area contributed by atoms with Crippen molar-refractivity contribution < 1.29 is 5.21 Å². The highest BCUT2D eigenvalue weighted by atomic mass is 16.4. The van der Waals surface area contributed by atoms with E-state index in [1.54, 1.807) is 0 Å². The Morgan fingerprint density at radius 2 is 2.12 bits per heavy atom. The minimum atomic E-state index is 0.471. The van der Waals surface area contributed by atoms with Crippen LogP contribution in [0.15, 0.2) is 5.16 Å². The molecule has 0 radical (unpaired) electrons. The van der Waals surface area contributed by atoms with Gasteiger partial charge < -0.3 is 5.21 Å². The van der Waals surface area contributed by atoms with Gasteiger partial charge in [-0.2, -0.15) is 0 Å². The van der Waals surface area contributed by atoms with Crippen LogP contribution >= 0.6 is 0 Å². The third kappa shape index (κ3) is 1.48. The van der Waals surface area contributed by atoms with Crippen LogP contribution in [0.1, 0.15) is 45.4 Å². The summed E-state index contributed by atoms with van der Waals surface area (Å²) in [6.45, 7) is 3.54. The molecule has 0 aromatic carbocycles. The van der Waals surface area contributed by atoms with Crippen molar-refractivity contribution in [3.63, 3.8) is 0 Å². The Hall–Kier alpha value is -0.570. The van der Waals surface area contributed by atoms with Gasteiger partial charge in [-0.05, 0) is 51.5 Å². The lowest BCUT2D eigenvalue weighted by Crippen LogP contribution is -2.51. The third-order valence-electron chi connectivity index (χ3n) is 4.97. The molecule has 0 aromatic rings. The van der Waals surface area contributed by atoms with Gasteiger partial charge in [0.05, 0.1) is 11.8 Å². The molecule has 3 rings (SSSR count). The van der Waals surface area contributed by atoms with E-state index in [2.05, 4.69) is 17.0 Å². The predicted molar refractivity (Wildman–Crippen MR) is 63.9 cm³/mol. The van der Waals surface area contributed by atoms with Crippen LogP contribution in [0.4, 0.5) is 0 Å². The van der Waals surface area contributed by atoms with Gasteiger partial charge in [-0.1, -0.05) is 11.6 Å². The Labute approximate surface area is 97.5 Å². The molecule has 2 saturated carbocycles. The van der Waals surface area contributed by atoms with Gasteiger partial charge in [-0.3, -0.25) is 4.90 Å². The molecule has 0 unspecified atom stereocenters. The highest BCUT2D eigenvalue weighted by Crippen LogP contribution is 2.46. The second-order valence-electron chi connectivity index (χ2n) is 5.82. The van der Waals surface area contributed by atoms with E-state index in [0.717, 1.165) is 11.6 Å². The molecule has 3 heteroatoms. The second kappa shape index (κ2) is 4.02. The summed E-state index contributed by atoms with van der Waals surface area (Å²) in [5.74, 6) is 1.37. The van der Waals surface area contributed by atoms with Gasteiger partial charge in [0.15, 0.2) is 0 Å². The van der Waals surface area contributed by atoms with E-state index in [0.29, 0.717) is 18.0 Å². The van der Waals surface area contributed by atoms with Gasteiger partial charge >= 0.3 is 0 Å². The highest BCUT2D eigenvalue weighted by molar-refractivity contribution is 5.94. The SMILES string of the molecule is C[C@H]1CCCCN1[C@@H]1/C(=N\O)[C@H]2CC[C@H]1C2. The molecule has 1 saturated heterocycles. The molecular weight excluding hydrogens is 200 g/mol. The molecule has 3 fully saturated rings. The smallest absolute Gasteiger partial charge is 0.0775 e. The molecule has 3 aliphatic rings. The Morgan fingerprint density at radius 1 is 1.25 bits per heavy atom. The lowest BCUT2D eigenvalue weighted by molar-refractivity contribution is 0.108. The summed E-state index contributed by atoms with van der Waals surface area (Å²) in [5.41, 5.74) is 1.10. The maximum atomic E-state index is 9.24. The summed E-state index contributed by atoms with van der Waals surface area (Å²) in [4.78, 5) is 2.61. The molecule has 1 heterocycles. The summed E-state index contributed by atoms with van der Waals surface area (Å²) >= 11 is 0. The fourth-order valence-electron chi connectivity index (χ4n) is 4.17. The van der Waals surface area contributed by atoms with Crippen LogP contribution in [-0.4, -0.2) is 34.4 Å². The minimum Gasteiger partial charge on any atom is -0.411 e. The van der Waals surface area contributed by atoms with Crippen molar-refractivity contribution >= 4 is 5.71 Å². The fourth-order valence-corrected chi connectivity index (χ4v) is 4.17. The molecule has 0 amide bonds. The van der Waals surface area contributed by atoms with Gasteiger partial charge in [0, 0.05) is 12.0 Å². The minimum absolute atomic E-state index is 0.471. The maximum Gasteiger partial charge on any atom is 0.0775 e. The first-order valence-corrected chi connectivity index (χ1v) is 6.79. The summed E-state index contributed by atoms with van der Waals surface area (Å²) in [6, 6.07) is 1.15. The average Bonchev–Trinajstić information content (AvgIpc) is 2.89. The van der Waals surface area contributed by atoms with Gasteiger partial charge in [0.1, 0.15) is 0 Å². The molecular formula is C13H22N2O. The lowest BCUT2D eigenvalue weighted by Gasteiger charge is -2.41. The van der Waals surface area contributed by atoms with Crippen molar-refractivity contribution in [3.05, 3.63) is 0 Å². The fraction of sp³-hybridized carbons (Fsp3) is 0.923. The molecule has 0 aromatic heterocycles. The summed E-state index contributed by atoms with van der Waals surface area (Å²) in [6.07, 6.45) is 7.86. The largest absolute Gasteiger partial charge is 0.411 e.